The summed E-state index contributed by atoms with van der Waals surface area (Å²) in [5, 5.41) is 13.3. The van der Waals surface area contributed by atoms with Crippen LogP contribution in [0.3, 0.4) is 0 Å². The van der Waals surface area contributed by atoms with Crippen molar-refractivity contribution < 1.29 is 9.90 Å². The Labute approximate surface area is 96.3 Å². The summed E-state index contributed by atoms with van der Waals surface area (Å²) in [6.45, 7) is 9.64. The summed E-state index contributed by atoms with van der Waals surface area (Å²) >= 11 is 0. The third kappa shape index (κ3) is 2.84. The van der Waals surface area contributed by atoms with E-state index in [-0.39, 0.29) is 5.54 Å². The highest BCUT2D eigenvalue weighted by Crippen LogP contribution is 2.23. The fourth-order valence-electron chi connectivity index (χ4n) is 1.40. The van der Waals surface area contributed by atoms with Gasteiger partial charge in [-0.3, -0.25) is 9.48 Å². The van der Waals surface area contributed by atoms with E-state index >= 15 is 0 Å². The maximum atomic E-state index is 11.0. The molecule has 1 aromatic heterocycles. The van der Waals surface area contributed by atoms with E-state index in [9.17, 15) is 4.79 Å². The minimum atomic E-state index is -0.781. The zero-order valence-corrected chi connectivity index (χ0v) is 10.6. The van der Waals surface area contributed by atoms with Gasteiger partial charge in [0, 0.05) is 6.20 Å². The Morgan fingerprint density at radius 3 is 2.31 bits per heavy atom. The van der Waals surface area contributed by atoms with Crippen molar-refractivity contribution in [2.24, 2.45) is 5.41 Å². The van der Waals surface area contributed by atoms with Gasteiger partial charge in [-0.05, 0) is 46.6 Å². The number of nitrogens with zero attached hydrogens (tertiary/aromatic N) is 2. The Morgan fingerprint density at radius 1 is 1.38 bits per heavy atom. The van der Waals surface area contributed by atoms with Gasteiger partial charge in [-0.15, -0.1) is 0 Å². The third-order valence-electron chi connectivity index (χ3n) is 2.55. The molecule has 90 valence electrons. The van der Waals surface area contributed by atoms with Crippen LogP contribution in [0.2, 0.25) is 0 Å². The first-order chi connectivity index (χ1) is 7.13. The van der Waals surface area contributed by atoms with Crippen molar-refractivity contribution in [3.8, 4) is 0 Å². The molecule has 0 saturated heterocycles. The first-order valence-corrected chi connectivity index (χ1v) is 5.40. The molecule has 0 saturated carbocycles. The quantitative estimate of drug-likeness (QED) is 0.857. The molecule has 0 atom stereocenters. The highest BCUT2D eigenvalue weighted by molar-refractivity contribution is 5.73. The van der Waals surface area contributed by atoms with E-state index in [0.717, 1.165) is 5.56 Å². The van der Waals surface area contributed by atoms with Crippen molar-refractivity contribution in [2.45, 2.75) is 46.6 Å². The minimum Gasteiger partial charge on any atom is -0.481 e. The molecule has 0 bridgehead atoms. The molecule has 4 nitrogen and oxygen atoms in total. The number of carboxylic acid groups (broad SMARTS) is 1. The molecule has 0 aliphatic heterocycles. The van der Waals surface area contributed by atoms with E-state index in [4.69, 9.17) is 5.11 Å². The van der Waals surface area contributed by atoms with Crippen LogP contribution in [0.5, 0.6) is 0 Å². The SMILES string of the molecule is CC(C)(Cc1cnn(C(C)(C)C)c1)C(=O)O. The molecule has 0 aromatic carbocycles. The van der Waals surface area contributed by atoms with Gasteiger partial charge < -0.3 is 5.11 Å². The van der Waals surface area contributed by atoms with Gasteiger partial charge in [-0.25, -0.2) is 0 Å². The third-order valence-corrected chi connectivity index (χ3v) is 2.55. The number of aliphatic carboxylic acids is 1. The van der Waals surface area contributed by atoms with Gasteiger partial charge in [-0.2, -0.15) is 5.10 Å². The first kappa shape index (κ1) is 12.7. The number of aromatic nitrogens is 2. The average Bonchev–Trinajstić information content (AvgIpc) is 2.50. The van der Waals surface area contributed by atoms with Crippen LogP contribution in [-0.4, -0.2) is 20.9 Å². The van der Waals surface area contributed by atoms with E-state index in [1.54, 1.807) is 20.0 Å². The van der Waals surface area contributed by atoms with Gasteiger partial charge in [-0.1, -0.05) is 0 Å². The Balaban J connectivity index is 2.85. The van der Waals surface area contributed by atoms with Gasteiger partial charge in [0.25, 0.3) is 0 Å². The fraction of sp³-hybridized carbons (Fsp3) is 0.667. The molecular formula is C12H20N2O2. The monoisotopic (exact) mass is 224 g/mol. The van der Waals surface area contributed by atoms with Crippen molar-refractivity contribution in [3.63, 3.8) is 0 Å². The zero-order valence-electron chi connectivity index (χ0n) is 10.6. The normalized spacial score (nSPS) is 12.8. The molecule has 0 radical (unpaired) electrons. The van der Waals surface area contributed by atoms with Crippen LogP contribution >= 0.6 is 0 Å². The largest absolute Gasteiger partial charge is 0.481 e. The molecule has 1 aromatic rings. The number of rotatable bonds is 3. The minimum absolute atomic E-state index is 0.0639. The van der Waals surface area contributed by atoms with Crippen molar-refractivity contribution in [1.82, 2.24) is 9.78 Å². The Kier molecular flexibility index (Phi) is 3.13. The second-order valence-corrected chi connectivity index (χ2v) is 5.83. The predicted octanol–water partition coefficient (Wildman–Crippen LogP) is 2.29. The van der Waals surface area contributed by atoms with Crippen LogP contribution in [0.4, 0.5) is 0 Å². The van der Waals surface area contributed by atoms with E-state index in [0.29, 0.717) is 6.42 Å². The summed E-state index contributed by atoms with van der Waals surface area (Å²) in [5.74, 6) is -0.781. The van der Waals surface area contributed by atoms with E-state index in [2.05, 4.69) is 25.9 Å². The highest BCUT2D eigenvalue weighted by atomic mass is 16.4. The van der Waals surface area contributed by atoms with Crippen molar-refractivity contribution in [2.75, 3.05) is 0 Å². The van der Waals surface area contributed by atoms with Crippen LogP contribution in [0, 0.1) is 5.41 Å². The summed E-state index contributed by atoms with van der Waals surface area (Å²) in [5.41, 5.74) is 0.152. The molecule has 16 heavy (non-hydrogen) atoms. The van der Waals surface area contributed by atoms with Gasteiger partial charge in [0.05, 0.1) is 17.2 Å². The summed E-state index contributed by atoms with van der Waals surface area (Å²) in [6.07, 6.45) is 4.17. The molecule has 4 heteroatoms. The lowest BCUT2D eigenvalue weighted by atomic mass is 9.87. The van der Waals surface area contributed by atoms with E-state index < -0.39 is 11.4 Å². The van der Waals surface area contributed by atoms with Gasteiger partial charge in [0.2, 0.25) is 0 Å². The van der Waals surface area contributed by atoms with E-state index in [1.807, 2.05) is 10.9 Å². The maximum absolute atomic E-state index is 11.0. The summed E-state index contributed by atoms with van der Waals surface area (Å²) in [6, 6.07) is 0. The van der Waals surface area contributed by atoms with Gasteiger partial charge >= 0.3 is 5.97 Å². The van der Waals surface area contributed by atoms with Gasteiger partial charge in [0.15, 0.2) is 0 Å². The Morgan fingerprint density at radius 2 is 1.94 bits per heavy atom. The molecule has 0 aliphatic rings. The van der Waals surface area contributed by atoms with Crippen LogP contribution in [-0.2, 0) is 16.8 Å². The van der Waals surface area contributed by atoms with Crippen LogP contribution in [0.1, 0.15) is 40.2 Å². The summed E-state index contributed by atoms with van der Waals surface area (Å²) in [4.78, 5) is 11.0. The topological polar surface area (TPSA) is 55.1 Å². The van der Waals surface area contributed by atoms with Crippen molar-refractivity contribution in [1.29, 1.82) is 0 Å². The second kappa shape index (κ2) is 3.92. The first-order valence-electron chi connectivity index (χ1n) is 5.40. The lowest BCUT2D eigenvalue weighted by Crippen LogP contribution is -2.26. The van der Waals surface area contributed by atoms with E-state index in [1.165, 1.54) is 0 Å². The predicted molar refractivity (Wildman–Crippen MR) is 62.3 cm³/mol. The Bertz CT molecular complexity index is 386. The van der Waals surface area contributed by atoms with Gasteiger partial charge in [0.1, 0.15) is 0 Å². The number of carbonyl (C=O) groups is 1. The Hall–Kier alpha value is -1.32. The number of carboxylic acids is 1. The molecule has 0 fully saturated rings. The summed E-state index contributed by atoms with van der Waals surface area (Å²) < 4.78 is 1.86. The number of hydrogen-bond donors (Lipinski definition) is 1. The molecule has 0 spiro atoms. The molecule has 0 amide bonds. The lowest BCUT2D eigenvalue weighted by molar-refractivity contribution is -0.146. The highest BCUT2D eigenvalue weighted by Gasteiger charge is 2.28. The molecule has 1 rings (SSSR count). The van der Waals surface area contributed by atoms with Crippen LogP contribution in [0.15, 0.2) is 12.4 Å². The van der Waals surface area contributed by atoms with Crippen molar-refractivity contribution >= 4 is 5.97 Å². The molecule has 1 N–H and O–H groups in total. The maximum Gasteiger partial charge on any atom is 0.309 e. The molecule has 0 unspecified atom stereocenters. The molecule has 0 aliphatic carbocycles. The van der Waals surface area contributed by atoms with Crippen LogP contribution in [0.25, 0.3) is 0 Å². The summed E-state index contributed by atoms with van der Waals surface area (Å²) in [7, 11) is 0. The molecule has 1 heterocycles. The van der Waals surface area contributed by atoms with Crippen LogP contribution < -0.4 is 0 Å². The standard InChI is InChI=1S/C12H20N2O2/c1-11(2,3)14-8-9(7-13-14)6-12(4,5)10(15)16/h7-8H,6H2,1-5H3,(H,15,16). The second-order valence-electron chi connectivity index (χ2n) is 5.83. The fourth-order valence-corrected chi connectivity index (χ4v) is 1.40. The number of hydrogen-bond acceptors (Lipinski definition) is 2. The van der Waals surface area contributed by atoms with Crippen molar-refractivity contribution in [3.05, 3.63) is 18.0 Å². The smallest absolute Gasteiger partial charge is 0.309 e. The molecular weight excluding hydrogens is 204 g/mol. The lowest BCUT2D eigenvalue weighted by Gasteiger charge is -2.20. The zero-order chi connectivity index (χ0) is 12.6. The average molecular weight is 224 g/mol.